The third-order valence-electron chi connectivity index (χ3n) is 4.02. The second kappa shape index (κ2) is 9.36. The molecule has 2 aromatic carbocycles. The SMILES string of the molecule is CN(Cc1occ2ccccc12)CC(O)COc1ccc([N+](=O)[O-])cc1.Cl. The molecule has 1 unspecified atom stereocenters. The van der Waals surface area contributed by atoms with Crippen LogP contribution in [0.25, 0.3) is 10.8 Å². The van der Waals surface area contributed by atoms with E-state index in [0.29, 0.717) is 18.8 Å². The van der Waals surface area contributed by atoms with Crippen LogP contribution in [0.4, 0.5) is 5.69 Å². The molecule has 0 aliphatic carbocycles. The van der Waals surface area contributed by atoms with Crippen molar-refractivity contribution in [2.75, 3.05) is 20.2 Å². The number of ether oxygens (including phenoxy) is 1. The molecular weight excluding hydrogens is 372 g/mol. The van der Waals surface area contributed by atoms with E-state index < -0.39 is 11.0 Å². The van der Waals surface area contributed by atoms with Crippen LogP contribution in [0.15, 0.2) is 59.2 Å². The number of rotatable bonds is 8. The average Bonchev–Trinajstić information content (AvgIpc) is 3.03. The Morgan fingerprint density at radius 1 is 1.22 bits per heavy atom. The van der Waals surface area contributed by atoms with Crippen molar-refractivity contribution in [1.29, 1.82) is 0 Å². The summed E-state index contributed by atoms with van der Waals surface area (Å²) in [4.78, 5) is 12.1. The number of nitrogens with zero attached hydrogens (tertiary/aromatic N) is 2. The minimum atomic E-state index is -0.698. The highest BCUT2D eigenvalue weighted by molar-refractivity contribution is 5.85. The number of nitro benzene ring substituents is 1. The predicted octanol–water partition coefficient (Wildman–Crippen LogP) is 3.63. The first-order valence-electron chi connectivity index (χ1n) is 8.22. The number of aliphatic hydroxyl groups is 1. The van der Waals surface area contributed by atoms with Gasteiger partial charge in [0, 0.05) is 29.4 Å². The molecule has 1 N–H and O–H groups in total. The van der Waals surface area contributed by atoms with Crippen LogP contribution in [0.2, 0.25) is 0 Å². The number of furan rings is 1. The first-order valence-corrected chi connectivity index (χ1v) is 8.22. The molecule has 0 radical (unpaired) electrons. The molecule has 1 heterocycles. The van der Waals surface area contributed by atoms with Gasteiger partial charge in [0.05, 0.1) is 17.7 Å². The van der Waals surface area contributed by atoms with E-state index >= 15 is 0 Å². The lowest BCUT2D eigenvalue weighted by Gasteiger charge is -2.20. The normalized spacial score (nSPS) is 12.0. The molecule has 3 aromatic rings. The summed E-state index contributed by atoms with van der Waals surface area (Å²) in [7, 11) is 1.90. The van der Waals surface area contributed by atoms with Gasteiger partial charge in [-0.05, 0) is 19.2 Å². The van der Waals surface area contributed by atoms with Gasteiger partial charge in [0.25, 0.3) is 5.69 Å². The summed E-state index contributed by atoms with van der Waals surface area (Å²) >= 11 is 0. The Morgan fingerprint density at radius 2 is 1.93 bits per heavy atom. The zero-order valence-electron chi connectivity index (χ0n) is 14.8. The predicted molar refractivity (Wildman–Crippen MR) is 104 cm³/mol. The molecule has 7 nitrogen and oxygen atoms in total. The van der Waals surface area contributed by atoms with Gasteiger partial charge >= 0.3 is 0 Å². The number of likely N-dealkylation sites (N-methyl/N-ethyl adjacent to an activating group) is 1. The van der Waals surface area contributed by atoms with Crippen molar-refractivity contribution in [3.63, 3.8) is 0 Å². The number of hydrogen-bond donors (Lipinski definition) is 1. The fourth-order valence-corrected chi connectivity index (χ4v) is 2.75. The molecule has 0 bridgehead atoms. The van der Waals surface area contributed by atoms with Gasteiger partial charge in [-0.2, -0.15) is 0 Å². The summed E-state index contributed by atoms with van der Waals surface area (Å²) in [5.74, 6) is 1.33. The zero-order chi connectivity index (χ0) is 18.5. The Hall–Kier alpha value is -2.61. The molecule has 0 aliphatic heterocycles. The van der Waals surface area contributed by atoms with Crippen LogP contribution in [0.1, 0.15) is 5.76 Å². The monoisotopic (exact) mass is 392 g/mol. The molecule has 3 rings (SSSR count). The van der Waals surface area contributed by atoms with Crippen molar-refractivity contribution in [1.82, 2.24) is 4.90 Å². The Labute approximate surface area is 162 Å². The molecule has 1 aromatic heterocycles. The summed E-state index contributed by atoms with van der Waals surface area (Å²) in [5, 5.41) is 22.9. The molecule has 0 saturated heterocycles. The Bertz CT molecular complexity index is 881. The van der Waals surface area contributed by atoms with E-state index in [1.54, 1.807) is 6.26 Å². The lowest BCUT2D eigenvalue weighted by molar-refractivity contribution is -0.384. The van der Waals surface area contributed by atoms with Crippen LogP contribution < -0.4 is 4.74 Å². The van der Waals surface area contributed by atoms with Crippen molar-refractivity contribution in [3.8, 4) is 5.75 Å². The zero-order valence-corrected chi connectivity index (χ0v) is 15.6. The molecule has 0 spiro atoms. The van der Waals surface area contributed by atoms with Crippen LogP contribution in [0.3, 0.4) is 0 Å². The van der Waals surface area contributed by atoms with E-state index in [1.807, 2.05) is 36.2 Å². The Morgan fingerprint density at radius 3 is 2.63 bits per heavy atom. The summed E-state index contributed by atoms with van der Waals surface area (Å²) in [5.41, 5.74) is 0.00306. The van der Waals surface area contributed by atoms with Crippen molar-refractivity contribution in [2.45, 2.75) is 12.6 Å². The molecule has 8 heteroatoms. The summed E-state index contributed by atoms with van der Waals surface area (Å²) in [6.45, 7) is 1.07. The first-order chi connectivity index (χ1) is 12.5. The van der Waals surface area contributed by atoms with Gasteiger partial charge in [-0.3, -0.25) is 15.0 Å². The Kier molecular flexibility index (Phi) is 7.18. The van der Waals surface area contributed by atoms with Crippen LogP contribution in [-0.4, -0.2) is 41.2 Å². The number of hydrogen-bond acceptors (Lipinski definition) is 6. The first kappa shape index (κ1) is 20.7. The Balaban J connectivity index is 0.00000261. The molecule has 144 valence electrons. The summed E-state index contributed by atoms with van der Waals surface area (Å²) < 4.78 is 11.1. The van der Waals surface area contributed by atoms with Crippen molar-refractivity contribution in [2.24, 2.45) is 0 Å². The van der Waals surface area contributed by atoms with Gasteiger partial charge in [-0.15, -0.1) is 12.4 Å². The van der Waals surface area contributed by atoms with E-state index in [0.717, 1.165) is 16.5 Å². The third kappa shape index (κ3) is 5.43. The molecular formula is C19H21ClN2O5. The lowest BCUT2D eigenvalue weighted by Crippen LogP contribution is -2.32. The van der Waals surface area contributed by atoms with Gasteiger partial charge in [0.1, 0.15) is 24.2 Å². The highest BCUT2D eigenvalue weighted by Gasteiger charge is 2.13. The standard InChI is InChI=1S/C19H20N2O5.ClH/c1-20(11-19-18-5-3-2-4-14(18)12-26-19)10-16(22)13-25-17-8-6-15(7-9-17)21(23)24;/h2-9,12,16,22H,10-11,13H2,1H3;1H. The van der Waals surface area contributed by atoms with Crippen LogP contribution >= 0.6 is 12.4 Å². The maximum Gasteiger partial charge on any atom is 0.269 e. The largest absolute Gasteiger partial charge is 0.491 e. The van der Waals surface area contributed by atoms with Gasteiger partial charge in [0.2, 0.25) is 0 Å². The third-order valence-corrected chi connectivity index (χ3v) is 4.02. The van der Waals surface area contributed by atoms with Crippen LogP contribution in [0.5, 0.6) is 5.75 Å². The average molecular weight is 393 g/mol. The van der Waals surface area contributed by atoms with E-state index in [9.17, 15) is 15.2 Å². The van der Waals surface area contributed by atoms with Gasteiger partial charge < -0.3 is 14.3 Å². The second-order valence-electron chi connectivity index (χ2n) is 6.16. The number of halogens is 1. The highest BCUT2D eigenvalue weighted by Crippen LogP contribution is 2.22. The molecule has 27 heavy (non-hydrogen) atoms. The molecule has 1 atom stereocenters. The molecule has 0 saturated carbocycles. The van der Waals surface area contributed by atoms with E-state index in [1.165, 1.54) is 24.3 Å². The fourth-order valence-electron chi connectivity index (χ4n) is 2.75. The maximum atomic E-state index is 10.6. The van der Waals surface area contributed by atoms with Gasteiger partial charge in [-0.1, -0.05) is 24.3 Å². The summed E-state index contributed by atoms with van der Waals surface area (Å²) in [6, 6.07) is 13.7. The maximum absolute atomic E-state index is 10.6. The second-order valence-corrected chi connectivity index (χ2v) is 6.16. The van der Waals surface area contributed by atoms with Gasteiger partial charge in [-0.25, -0.2) is 0 Å². The summed E-state index contributed by atoms with van der Waals surface area (Å²) in [6.07, 6.45) is 1.03. The quantitative estimate of drug-likeness (QED) is 0.465. The van der Waals surface area contributed by atoms with E-state index in [4.69, 9.17) is 9.15 Å². The lowest BCUT2D eigenvalue weighted by atomic mass is 10.2. The minimum absolute atomic E-state index is 0. The van der Waals surface area contributed by atoms with E-state index in [-0.39, 0.29) is 24.7 Å². The number of aliphatic hydroxyl groups excluding tert-OH is 1. The van der Waals surface area contributed by atoms with Crippen LogP contribution in [0, 0.1) is 10.1 Å². The van der Waals surface area contributed by atoms with Crippen molar-refractivity contribution in [3.05, 3.63) is 70.7 Å². The molecule has 0 fully saturated rings. The van der Waals surface area contributed by atoms with Crippen molar-refractivity contribution < 1.29 is 19.2 Å². The van der Waals surface area contributed by atoms with Crippen molar-refractivity contribution >= 4 is 28.9 Å². The highest BCUT2D eigenvalue weighted by atomic mass is 35.5. The van der Waals surface area contributed by atoms with Crippen LogP contribution in [-0.2, 0) is 6.54 Å². The topological polar surface area (TPSA) is 89.0 Å². The molecule has 0 aliphatic rings. The number of benzene rings is 2. The number of fused-ring (bicyclic) bond motifs is 1. The minimum Gasteiger partial charge on any atom is -0.491 e. The van der Waals surface area contributed by atoms with Gasteiger partial charge in [0.15, 0.2) is 0 Å². The number of nitro groups is 1. The fraction of sp³-hybridized carbons (Fsp3) is 0.263. The smallest absolute Gasteiger partial charge is 0.269 e. The van der Waals surface area contributed by atoms with E-state index in [2.05, 4.69) is 0 Å². The number of non-ortho nitro benzene ring substituents is 1. The molecule has 0 amide bonds.